The predicted octanol–water partition coefficient (Wildman–Crippen LogP) is 4.47. The number of carbonyl (C=O) groups excluding carboxylic acids is 2. The molecule has 3 rings (SSSR count). The van der Waals surface area contributed by atoms with Crippen LogP contribution in [-0.4, -0.2) is 72.7 Å². The van der Waals surface area contributed by atoms with Gasteiger partial charge in [0.05, 0.1) is 18.0 Å². The molecular weight excluding hydrogens is 545 g/mol. The molecule has 2 saturated heterocycles. The molecule has 0 aliphatic carbocycles. The van der Waals surface area contributed by atoms with Crippen molar-refractivity contribution in [1.29, 1.82) is 0 Å². The first-order valence-corrected chi connectivity index (χ1v) is 14.1. The van der Waals surface area contributed by atoms with Crippen molar-refractivity contribution >= 4 is 35.4 Å². The van der Waals surface area contributed by atoms with E-state index >= 15 is 0 Å². The summed E-state index contributed by atoms with van der Waals surface area (Å²) in [5.74, 6) is -0.770. The van der Waals surface area contributed by atoms with Crippen molar-refractivity contribution < 1.29 is 32.2 Å². The van der Waals surface area contributed by atoms with Crippen LogP contribution in [-0.2, 0) is 20.7 Å². The van der Waals surface area contributed by atoms with Gasteiger partial charge in [0.2, 0.25) is 5.91 Å². The number of nitrogens with one attached hydrogen (secondary N) is 1. The number of halogens is 3. The summed E-state index contributed by atoms with van der Waals surface area (Å²) in [7, 11) is 1.18. The molecule has 3 N–H and O–H groups in total. The van der Waals surface area contributed by atoms with Gasteiger partial charge in [-0.1, -0.05) is 36.6 Å². The molecule has 0 radical (unpaired) electrons. The number of methoxy groups -OCH3 is 1. The second-order valence-corrected chi connectivity index (χ2v) is 10.6. The van der Waals surface area contributed by atoms with E-state index in [0.29, 0.717) is 12.0 Å². The molecule has 0 aromatic heterocycles. The third-order valence-corrected chi connectivity index (χ3v) is 7.99. The highest BCUT2D eigenvalue weighted by Gasteiger charge is 2.41. The van der Waals surface area contributed by atoms with Crippen molar-refractivity contribution in [1.82, 2.24) is 15.1 Å². The molecule has 0 spiro atoms. The number of nitrogens with zero attached hydrogens (tertiary/aromatic N) is 2. The number of thioether (sulfide) groups is 1. The lowest BCUT2D eigenvalue weighted by Gasteiger charge is -2.27. The molecule has 2 aliphatic heterocycles. The largest absolute Gasteiger partial charge is 0.573 e. The first kappa shape index (κ1) is 31.4. The van der Waals surface area contributed by atoms with Gasteiger partial charge in [0, 0.05) is 24.2 Å². The molecule has 1 aromatic carbocycles. The number of hydrogen-bond donors (Lipinski definition) is 2. The summed E-state index contributed by atoms with van der Waals surface area (Å²) >= 11 is 1.61. The normalized spacial score (nSPS) is 19.4. The molecule has 12 heteroatoms. The van der Waals surface area contributed by atoms with E-state index in [1.165, 1.54) is 30.9 Å². The minimum Gasteiger partial charge on any atom is -0.467 e. The predicted molar refractivity (Wildman–Crippen MR) is 151 cm³/mol. The Labute approximate surface area is 237 Å². The zero-order chi connectivity index (χ0) is 29.4. The van der Waals surface area contributed by atoms with Crippen LogP contribution in [0.4, 0.5) is 13.2 Å². The Morgan fingerprint density at radius 3 is 2.55 bits per heavy atom. The number of benzene rings is 1. The fraction of sp³-hybridized carbons (Fsp3) is 0.500. The molecule has 220 valence electrons. The summed E-state index contributed by atoms with van der Waals surface area (Å²) in [5, 5.41) is 4.14. The van der Waals surface area contributed by atoms with Crippen LogP contribution < -0.4 is 15.8 Å². The van der Waals surface area contributed by atoms with Gasteiger partial charge in [-0.25, -0.2) is 4.79 Å². The average Bonchev–Trinajstić information content (AvgIpc) is 3.54. The number of rotatable bonds is 12. The summed E-state index contributed by atoms with van der Waals surface area (Å²) in [6.07, 6.45) is 2.83. The van der Waals surface area contributed by atoms with E-state index in [1.54, 1.807) is 30.8 Å². The summed E-state index contributed by atoms with van der Waals surface area (Å²) in [6, 6.07) is 0.891. The molecule has 8 nitrogen and oxygen atoms in total. The number of allylic oxidation sites excluding steroid dienone is 2. The lowest BCUT2D eigenvalue weighted by Crippen LogP contribution is -2.47. The minimum absolute atomic E-state index is 0.0576. The van der Waals surface area contributed by atoms with Gasteiger partial charge in [0.15, 0.2) is 0 Å². The number of nitrogens with two attached hydrogens (primary N) is 1. The smallest absolute Gasteiger partial charge is 0.467 e. The highest BCUT2D eigenvalue weighted by atomic mass is 32.2. The van der Waals surface area contributed by atoms with Crippen LogP contribution >= 0.6 is 11.8 Å². The van der Waals surface area contributed by atoms with Crippen molar-refractivity contribution in [2.24, 2.45) is 5.73 Å². The maximum Gasteiger partial charge on any atom is 0.573 e. The average molecular weight is 583 g/mol. The van der Waals surface area contributed by atoms with Gasteiger partial charge in [-0.2, -0.15) is 0 Å². The van der Waals surface area contributed by atoms with Gasteiger partial charge in [-0.15, -0.1) is 13.2 Å². The maximum absolute atomic E-state index is 13.5. The topological polar surface area (TPSA) is 97.1 Å². The number of ether oxygens (including phenoxy) is 2. The number of esters is 1. The van der Waals surface area contributed by atoms with Crippen LogP contribution in [0.5, 0.6) is 5.75 Å². The quantitative estimate of drug-likeness (QED) is 0.349. The second kappa shape index (κ2) is 14.0. The molecule has 2 heterocycles. The third-order valence-electron chi connectivity index (χ3n) is 6.83. The Balaban J connectivity index is 1.85. The van der Waals surface area contributed by atoms with E-state index in [4.69, 9.17) is 10.5 Å². The van der Waals surface area contributed by atoms with Crippen molar-refractivity contribution in [2.75, 3.05) is 32.6 Å². The van der Waals surface area contributed by atoms with Gasteiger partial charge < -0.3 is 25.4 Å². The number of hydrogen-bond acceptors (Lipinski definition) is 8. The molecule has 1 amide bonds. The van der Waals surface area contributed by atoms with Crippen LogP contribution in [0, 0.1) is 0 Å². The number of likely N-dealkylation sites (tertiary alicyclic amines) is 2. The van der Waals surface area contributed by atoms with Crippen LogP contribution in [0.15, 0.2) is 35.9 Å². The number of carbonyl (C=O) groups is 2. The van der Waals surface area contributed by atoms with Gasteiger partial charge in [0.25, 0.3) is 0 Å². The molecule has 0 saturated carbocycles. The Morgan fingerprint density at radius 2 is 1.98 bits per heavy atom. The highest BCUT2D eigenvalue weighted by molar-refractivity contribution is 8.02. The lowest BCUT2D eigenvalue weighted by atomic mass is 9.96. The fourth-order valence-corrected chi connectivity index (χ4v) is 5.85. The minimum atomic E-state index is -4.99. The van der Waals surface area contributed by atoms with Crippen LogP contribution in [0.1, 0.15) is 49.8 Å². The third kappa shape index (κ3) is 8.20. The van der Waals surface area contributed by atoms with Gasteiger partial charge in [-0.3, -0.25) is 9.69 Å². The Morgan fingerprint density at radius 1 is 1.27 bits per heavy atom. The molecule has 1 aromatic rings. The Bertz CT molecular complexity index is 1150. The van der Waals surface area contributed by atoms with Crippen molar-refractivity contribution in [3.05, 3.63) is 52.6 Å². The van der Waals surface area contributed by atoms with E-state index in [9.17, 15) is 22.8 Å². The molecule has 40 heavy (non-hydrogen) atoms. The van der Waals surface area contributed by atoms with Crippen LogP contribution in [0.2, 0.25) is 0 Å². The van der Waals surface area contributed by atoms with E-state index < -0.39 is 30.2 Å². The molecule has 0 bridgehead atoms. The molecule has 2 unspecified atom stereocenters. The number of alkyl halides is 3. The lowest BCUT2D eigenvalue weighted by molar-refractivity contribution is -0.274. The highest BCUT2D eigenvalue weighted by Crippen LogP contribution is 2.34. The Hall–Kier alpha value is -3.12. The molecule has 2 fully saturated rings. The first-order chi connectivity index (χ1) is 19.0. The van der Waals surface area contributed by atoms with Gasteiger partial charge in [0.1, 0.15) is 17.8 Å². The SMILES string of the molecule is C=C(N)c1cc(OC(F)(F)F)c(CC(C(=O)OC)N2CCC(N/C(=C/C)SCN3CCCC3)C2=O)cc1/C=C\C. The zero-order valence-corrected chi connectivity index (χ0v) is 23.9. The van der Waals surface area contributed by atoms with E-state index in [-0.39, 0.29) is 35.7 Å². The summed E-state index contributed by atoms with van der Waals surface area (Å²) in [6.45, 7) is 9.63. The van der Waals surface area contributed by atoms with Crippen LogP contribution in [0.3, 0.4) is 0 Å². The van der Waals surface area contributed by atoms with Gasteiger partial charge in [-0.05, 0) is 69.5 Å². The fourth-order valence-electron chi connectivity index (χ4n) is 4.88. The van der Waals surface area contributed by atoms with E-state index in [0.717, 1.165) is 30.1 Å². The zero-order valence-electron chi connectivity index (χ0n) is 23.1. The molecular formula is C28H37F3N4O4S. The maximum atomic E-state index is 13.5. The Kier molecular flexibility index (Phi) is 11.0. The molecule has 2 atom stereocenters. The van der Waals surface area contributed by atoms with E-state index in [2.05, 4.69) is 21.5 Å². The van der Waals surface area contributed by atoms with Crippen molar-refractivity contribution in [2.45, 2.75) is 58.0 Å². The summed E-state index contributed by atoms with van der Waals surface area (Å²) < 4.78 is 49.3. The van der Waals surface area contributed by atoms with Gasteiger partial charge >= 0.3 is 12.3 Å². The molecule has 2 aliphatic rings. The van der Waals surface area contributed by atoms with E-state index in [1.807, 2.05) is 13.0 Å². The van der Waals surface area contributed by atoms with Crippen molar-refractivity contribution in [3.8, 4) is 5.75 Å². The summed E-state index contributed by atoms with van der Waals surface area (Å²) in [4.78, 5) is 30.1. The van der Waals surface area contributed by atoms with Crippen LogP contribution in [0.25, 0.3) is 11.8 Å². The first-order valence-electron chi connectivity index (χ1n) is 13.1. The standard InChI is InChI=1S/C28H37F3N4O4S/c1-5-9-19-14-20(24(39-28(29,30)31)16-21(19)18(3)32)15-23(27(37)38-4)35-13-10-22(26(35)36)33-25(6-2)40-17-34-11-7-8-12-34/h5-6,9,14,16,22-23,33H,3,7-8,10-13,15,17,32H2,1-2,4H3/b9-5-,25-6-. The number of amides is 1. The second-order valence-electron chi connectivity index (χ2n) is 9.63. The monoisotopic (exact) mass is 582 g/mol. The van der Waals surface area contributed by atoms with Crippen molar-refractivity contribution in [3.63, 3.8) is 0 Å². The summed E-state index contributed by atoms with van der Waals surface area (Å²) in [5.41, 5.74) is 6.73.